The first-order valence-corrected chi connectivity index (χ1v) is 7.44. The van der Waals surface area contributed by atoms with Gasteiger partial charge in [0.2, 0.25) is 0 Å². The Morgan fingerprint density at radius 2 is 2.21 bits per heavy atom. The summed E-state index contributed by atoms with van der Waals surface area (Å²) in [6, 6.07) is 4.22. The topological polar surface area (TPSA) is 17.1 Å². The smallest absolute Gasteiger partial charge is 0.140 e. The van der Waals surface area contributed by atoms with Crippen LogP contribution in [0.3, 0.4) is 0 Å². The summed E-state index contributed by atoms with van der Waals surface area (Å²) in [5.74, 6) is 0.691. The van der Waals surface area contributed by atoms with Crippen molar-refractivity contribution in [3.8, 4) is 0 Å². The van der Waals surface area contributed by atoms with Crippen LogP contribution in [0.25, 0.3) is 0 Å². The van der Waals surface area contributed by atoms with Crippen LogP contribution in [0.2, 0.25) is 5.02 Å². The van der Waals surface area contributed by atoms with E-state index in [9.17, 15) is 9.18 Å². The highest BCUT2D eigenvalue weighted by molar-refractivity contribution is 6.31. The Kier molecular flexibility index (Phi) is 4.98. The van der Waals surface area contributed by atoms with Crippen molar-refractivity contribution in [3.05, 3.63) is 34.6 Å². The summed E-state index contributed by atoms with van der Waals surface area (Å²) in [5, 5.41) is 0.484. The van der Waals surface area contributed by atoms with Gasteiger partial charge in [0.05, 0.1) is 0 Å². The molecule has 3 heteroatoms. The van der Waals surface area contributed by atoms with Crippen LogP contribution in [0.4, 0.5) is 4.39 Å². The van der Waals surface area contributed by atoms with E-state index in [1.165, 1.54) is 24.6 Å². The highest BCUT2D eigenvalue weighted by atomic mass is 35.5. The van der Waals surface area contributed by atoms with Gasteiger partial charge in [-0.05, 0) is 42.5 Å². The Labute approximate surface area is 119 Å². The van der Waals surface area contributed by atoms with Crippen molar-refractivity contribution >= 4 is 17.4 Å². The summed E-state index contributed by atoms with van der Waals surface area (Å²) >= 11 is 6.02. The van der Waals surface area contributed by atoms with Gasteiger partial charge in [0.15, 0.2) is 0 Å². The van der Waals surface area contributed by atoms with Gasteiger partial charge in [-0.25, -0.2) is 4.39 Å². The van der Waals surface area contributed by atoms with Crippen molar-refractivity contribution in [2.45, 2.75) is 45.4 Å². The lowest BCUT2D eigenvalue weighted by Gasteiger charge is -2.27. The van der Waals surface area contributed by atoms with E-state index >= 15 is 0 Å². The maximum Gasteiger partial charge on any atom is 0.140 e. The minimum Gasteiger partial charge on any atom is -0.299 e. The van der Waals surface area contributed by atoms with Gasteiger partial charge >= 0.3 is 0 Å². The van der Waals surface area contributed by atoms with Crippen LogP contribution in [-0.4, -0.2) is 5.78 Å². The van der Waals surface area contributed by atoms with E-state index in [2.05, 4.69) is 6.92 Å². The first kappa shape index (κ1) is 14.5. The summed E-state index contributed by atoms with van der Waals surface area (Å²) < 4.78 is 13.2. The molecule has 1 fully saturated rings. The van der Waals surface area contributed by atoms with Gasteiger partial charge < -0.3 is 0 Å². The largest absolute Gasteiger partial charge is 0.299 e. The molecule has 0 radical (unpaired) electrons. The third-order valence-electron chi connectivity index (χ3n) is 4.19. The number of ketones is 1. The predicted molar refractivity (Wildman–Crippen MR) is 75.9 cm³/mol. The summed E-state index contributed by atoms with van der Waals surface area (Å²) in [6.45, 7) is 2.18. The van der Waals surface area contributed by atoms with Crippen molar-refractivity contribution in [1.29, 1.82) is 0 Å². The number of rotatable bonds is 4. The molecule has 1 saturated carbocycles. The molecule has 0 N–H and O–H groups in total. The zero-order valence-electron chi connectivity index (χ0n) is 11.3. The second kappa shape index (κ2) is 6.51. The van der Waals surface area contributed by atoms with Gasteiger partial charge in [-0.3, -0.25) is 4.79 Å². The van der Waals surface area contributed by atoms with Crippen molar-refractivity contribution in [2.75, 3.05) is 0 Å². The van der Waals surface area contributed by atoms with Crippen LogP contribution in [-0.2, 0) is 11.2 Å². The molecule has 104 valence electrons. The molecular weight excluding hydrogens is 263 g/mol. The van der Waals surface area contributed by atoms with Crippen LogP contribution in [0, 0.1) is 17.7 Å². The molecule has 1 nitrogen and oxygen atoms in total. The standard InChI is InChI=1S/C16H20ClFO/c1-2-11-4-3-5-12(8-11)16(19)10-13-9-14(18)6-7-15(13)17/h6-7,9,11-12H,2-5,8,10H2,1H3. The van der Waals surface area contributed by atoms with Gasteiger partial charge in [-0.2, -0.15) is 0 Å². The average Bonchev–Trinajstić information content (AvgIpc) is 2.43. The number of Topliss-reactive ketones (excluding diaryl/α,β-unsaturated/α-hetero) is 1. The van der Waals surface area contributed by atoms with E-state index in [0.717, 1.165) is 25.7 Å². The molecule has 0 heterocycles. The zero-order valence-corrected chi connectivity index (χ0v) is 12.0. The number of hydrogen-bond donors (Lipinski definition) is 0. The molecule has 2 unspecified atom stereocenters. The Balaban J connectivity index is 2.02. The first-order valence-electron chi connectivity index (χ1n) is 7.06. The fourth-order valence-corrected chi connectivity index (χ4v) is 3.15. The normalized spacial score (nSPS) is 23.3. The van der Waals surface area contributed by atoms with E-state index in [-0.39, 0.29) is 23.9 Å². The second-order valence-corrected chi connectivity index (χ2v) is 5.92. The third kappa shape index (κ3) is 3.79. The molecule has 0 aliphatic heterocycles. The van der Waals surface area contributed by atoms with Crippen LogP contribution in [0.15, 0.2) is 18.2 Å². The van der Waals surface area contributed by atoms with Crippen LogP contribution < -0.4 is 0 Å². The van der Waals surface area contributed by atoms with E-state index < -0.39 is 0 Å². The summed E-state index contributed by atoms with van der Waals surface area (Å²) in [6.07, 6.45) is 5.74. The summed E-state index contributed by atoms with van der Waals surface area (Å²) in [4.78, 5) is 12.3. The second-order valence-electron chi connectivity index (χ2n) is 5.52. The van der Waals surface area contributed by atoms with Crippen molar-refractivity contribution < 1.29 is 9.18 Å². The van der Waals surface area contributed by atoms with Gasteiger partial charge in [-0.15, -0.1) is 0 Å². The quantitative estimate of drug-likeness (QED) is 0.775. The molecule has 2 atom stereocenters. The highest BCUT2D eigenvalue weighted by Gasteiger charge is 2.26. The SMILES string of the molecule is CCC1CCCC(C(=O)Cc2cc(F)ccc2Cl)C1. The van der Waals surface area contributed by atoms with E-state index in [1.807, 2.05) is 0 Å². The summed E-state index contributed by atoms with van der Waals surface area (Å²) in [7, 11) is 0. The number of benzene rings is 1. The maximum atomic E-state index is 13.2. The molecule has 0 amide bonds. The molecular formula is C16H20ClFO. The minimum atomic E-state index is -0.331. The van der Waals surface area contributed by atoms with E-state index in [0.29, 0.717) is 16.5 Å². The fraction of sp³-hybridized carbons (Fsp3) is 0.562. The number of carbonyl (C=O) groups is 1. The van der Waals surface area contributed by atoms with E-state index in [4.69, 9.17) is 11.6 Å². The van der Waals surface area contributed by atoms with Gasteiger partial charge in [0.25, 0.3) is 0 Å². The Hall–Kier alpha value is -0.890. The Morgan fingerprint density at radius 1 is 1.42 bits per heavy atom. The lowest BCUT2D eigenvalue weighted by atomic mass is 9.77. The molecule has 0 aromatic heterocycles. The van der Waals surface area contributed by atoms with Gasteiger partial charge in [0.1, 0.15) is 11.6 Å². The molecule has 1 aliphatic carbocycles. The molecule has 19 heavy (non-hydrogen) atoms. The van der Waals surface area contributed by atoms with E-state index in [1.54, 1.807) is 0 Å². The highest BCUT2D eigenvalue weighted by Crippen LogP contribution is 2.32. The minimum absolute atomic E-state index is 0.137. The lowest BCUT2D eigenvalue weighted by molar-refractivity contribution is -0.123. The lowest BCUT2D eigenvalue weighted by Crippen LogP contribution is -2.24. The number of carbonyl (C=O) groups excluding carboxylic acids is 1. The number of hydrogen-bond acceptors (Lipinski definition) is 1. The Bertz CT molecular complexity index is 458. The third-order valence-corrected chi connectivity index (χ3v) is 4.56. The molecule has 0 bridgehead atoms. The monoisotopic (exact) mass is 282 g/mol. The van der Waals surface area contributed by atoms with Crippen molar-refractivity contribution in [2.24, 2.45) is 11.8 Å². The molecule has 1 aromatic rings. The van der Waals surface area contributed by atoms with Gasteiger partial charge in [0, 0.05) is 17.4 Å². The molecule has 0 saturated heterocycles. The fourth-order valence-electron chi connectivity index (χ4n) is 2.97. The predicted octanol–water partition coefficient (Wildman–Crippen LogP) is 4.81. The van der Waals surface area contributed by atoms with Gasteiger partial charge in [-0.1, -0.05) is 37.8 Å². The molecule has 1 aliphatic rings. The van der Waals surface area contributed by atoms with Crippen molar-refractivity contribution in [1.82, 2.24) is 0 Å². The van der Waals surface area contributed by atoms with Crippen molar-refractivity contribution in [3.63, 3.8) is 0 Å². The number of halogens is 2. The first-order chi connectivity index (χ1) is 9.10. The average molecular weight is 283 g/mol. The molecule has 1 aromatic carbocycles. The Morgan fingerprint density at radius 3 is 2.95 bits per heavy atom. The maximum absolute atomic E-state index is 13.2. The zero-order chi connectivity index (χ0) is 13.8. The molecule has 0 spiro atoms. The van der Waals surface area contributed by atoms with Crippen LogP contribution in [0.5, 0.6) is 0 Å². The molecule has 2 rings (SSSR count). The van der Waals surface area contributed by atoms with Crippen LogP contribution in [0.1, 0.15) is 44.6 Å². The van der Waals surface area contributed by atoms with Crippen LogP contribution >= 0.6 is 11.6 Å². The summed E-state index contributed by atoms with van der Waals surface area (Å²) in [5.41, 5.74) is 0.616.